The molecule has 5 nitrogen and oxygen atoms in total. The van der Waals surface area contributed by atoms with Crippen LogP contribution in [0.2, 0.25) is 0 Å². The topological polar surface area (TPSA) is 47.4 Å². The zero-order valence-corrected chi connectivity index (χ0v) is 15.0. The number of hydrogen-bond acceptors (Lipinski definition) is 3. The summed E-state index contributed by atoms with van der Waals surface area (Å²) < 4.78 is 33.9. The molecule has 1 heterocycles. The van der Waals surface area contributed by atoms with E-state index in [1.54, 1.807) is 47.1 Å². The molecule has 0 aliphatic heterocycles. The number of carbonyl (C=O) groups excluding carboxylic acids is 1. The molecular formula is C20H19F2N3O2. The van der Waals surface area contributed by atoms with Gasteiger partial charge in [-0.15, -0.1) is 0 Å². The summed E-state index contributed by atoms with van der Waals surface area (Å²) in [6.07, 6.45) is 1.67. The Bertz CT molecular complexity index is 956. The van der Waals surface area contributed by atoms with E-state index in [0.29, 0.717) is 17.7 Å². The van der Waals surface area contributed by atoms with Gasteiger partial charge in [-0.2, -0.15) is 5.10 Å². The first-order valence-corrected chi connectivity index (χ1v) is 8.34. The van der Waals surface area contributed by atoms with Crippen LogP contribution in [-0.2, 0) is 20.2 Å². The highest BCUT2D eigenvalue weighted by atomic mass is 19.1. The maximum absolute atomic E-state index is 13.7. The number of amides is 1. The number of ether oxygens (including phenoxy) is 1. The van der Waals surface area contributed by atoms with Crippen molar-refractivity contribution in [2.75, 3.05) is 7.05 Å². The Morgan fingerprint density at radius 3 is 2.67 bits per heavy atom. The van der Waals surface area contributed by atoms with Gasteiger partial charge >= 0.3 is 0 Å². The fourth-order valence-corrected chi connectivity index (χ4v) is 2.68. The molecule has 0 radical (unpaired) electrons. The van der Waals surface area contributed by atoms with E-state index in [1.807, 2.05) is 13.1 Å². The van der Waals surface area contributed by atoms with Gasteiger partial charge in [0.05, 0.1) is 12.2 Å². The van der Waals surface area contributed by atoms with Crippen molar-refractivity contribution >= 4 is 5.91 Å². The average molecular weight is 371 g/mol. The summed E-state index contributed by atoms with van der Waals surface area (Å²) in [7, 11) is 3.51. The highest BCUT2D eigenvalue weighted by Crippen LogP contribution is 2.21. The largest absolute Gasteiger partial charge is 0.486 e. The van der Waals surface area contributed by atoms with E-state index in [4.69, 9.17) is 4.74 Å². The number of benzene rings is 2. The van der Waals surface area contributed by atoms with Crippen LogP contribution >= 0.6 is 0 Å². The van der Waals surface area contributed by atoms with Crippen molar-refractivity contribution in [2.24, 2.45) is 7.05 Å². The van der Waals surface area contributed by atoms with Gasteiger partial charge in [-0.1, -0.05) is 18.2 Å². The van der Waals surface area contributed by atoms with Crippen LogP contribution in [0.5, 0.6) is 5.75 Å². The molecule has 0 saturated carbocycles. The van der Waals surface area contributed by atoms with Crippen LogP contribution in [-0.4, -0.2) is 27.6 Å². The third-order valence-corrected chi connectivity index (χ3v) is 4.19. The van der Waals surface area contributed by atoms with Gasteiger partial charge < -0.3 is 9.64 Å². The van der Waals surface area contributed by atoms with Gasteiger partial charge in [-0.3, -0.25) is 9.48 Å². The lowest BCUT2D eigenvalue weighted by Gasteiger charge is -2.19. The number of aryl methyl sites for hydroxylation is 1. The van der Waals surface area contributed by atoms with Crippen molar-refractivity contribution in [2.45, 2.75) is 13.2 Å². The monoisotopic (exact) mass is 371 g/mol. The van der Waals surface area contributed by atoms with E-state index < -0.39 is 11.6 Å². The molecule has 0 aliphatic carbocycles. The zero-order valence-electron chi connectivity index (χ0n) is 15.0. The summed E-state index contributed by atoms with van der Waals surface area (Å²) in [5, 5.41) is 4.09. The standard InChI is InChI=1S/C20H19F2N3O2/c1-24(12-16-9-10-23-25(16)2)20(26)17-6-4-3-5-14(17)13-27-19-8-7-15(21)11-18(19)22/h3-11H,12-13H2,1-2H3. The highest BCUT2D eigenvalue weighted by molar-refractivity contribution is 5.95. The molecule has 3 aromatic rings. The minimum Gasteiger partial charge on any atom is -0.486 e. The Kier molecular flexibility index (Phi) is 5.49. The van der Waals surface area contributed by atoms with Gasteiger partial charge in [-0.05, 0) is 24.3 Å². The Morgan fingerprint density at radius 2 is 1.96 bits per heavy atom. The Balaban J connectivity index is 1.74. The lowest BCUT2D eigenvalue weighted by molar-refractivity contribution is 0.0779. The number of nitrogens with zero attached hydrogens (tertiary/aromatic N) is 3. The molecule has 0 bridgehead atoms. The van der Waals surface area contributed by atoms with Crippen molar-refractivity contribution in [3.8, 4) is 5.75 Å². The van der Waals surface area contributed by atoms with Crippen molar-refractivity contribution in [1.82, 2.24) is 14.7 Å². The normalized spacial score (nSPS) is 10.7. The predicted octanol–water partition coefficient (Wildman–Crippen LogP) is 3.55. The van der Waals surface area contributed by atoms with Crippen molar-refractivity contribution in [1.29, 1.82) is 0 Å². The molecular weight excluding hydrogens is 352 g/mol. The quantitative estimate of drug-likeness (QED) is 0.666. The minimum absolute atomic E-state index is 0.00990. The number of aromatic nitrogens is 2. The summed E-state index contributed by atoms with van der Waals surface area (Å²) in [5.74, 6) is -1.71. The molecule has 0 aliphatic rings. The van der Waals surface area contributed by atoms with Crippen LogP contribution < -0.4 is 4.74 Å². The van der Waals surface area contributed by atoms with Crippen LogP contribution in [0.1, 0.15) is 21.6 Å². The van der Waals surface area contributed by atoms with Crippen LogP contribution in [0.3, 0.4) is 0 Å². The first-order chi connectivity index (χ1) is 13.0. The van der Waals surface area contributed by atoms with Crippen LogP contribution in [0.15, 0.2) is 54.7 Å². The fourth-order valence-electron chi connectivity index (χ4n) is 2.68. The molecule has 0 spiro atoms. The maximum Gasteiger partial charge on any atom is 0.254 e. The second kappa shape index (κ2) is 7.99. The molecule has 3 rings (SSSR count). The van der Waals surface area contributed by atoms with Gasteiger partial charge in [0.15, 0.2) is 11.6 Å². The first-order valence-electron chi connectivity index (χ1n) is 8.34. The van der Waals surface area contributed by atoms with E-state index in [2.05, 4.69) is 5.10 Å². The first kappa shape index (κ1) is 18.6. The summed E-state index contributed by atoms with van der Waals surface area (Å²) in [4.78, 5) is 14.4. The van der Waals surface area contributed by atoms with Gasteiger partial charge in [-0.25, -0.2) is 8.78 Å². The van der Waals surface area contributed by atoms with E-state index in [1.165, 1.54) is 6.07 Å². The van der Waals surface area contributed by atoms with Crippen LogP contribution in [0, 0.1) is 11.6 Å². The molecule has 0 fully saturated rings. The molecule has 27 heavy (non-hydrogen) atoms. The second-order valence-corrected chi connectivity index (χ2v) is 6.13. The van der Waals surface area contributed by atoms with E-state index in [9.17, 15) is 13.6 Å². The number of halogens is 2. The molecule has 2 aromatic carbocycles. The number of carbonyl (C=O) groups is 1. The lowest BCUT2D eigenvalue weighted by atomic mass is 10.1. The molecule has 1 aromatic heterocycles. The zero-order chi connectivity index (χ0) is 19.4. The Morgan fingerprint density at radius 1 is 1.19 bits per heavy atom. The highest BCUT2D eigenvalue weighted by Gasteiger charge is 2.17. The minimum atomic E-state index is -0.785. The third-order valence-electron chi connectivity index (χ3n) is 4.19. The second-order valence-electron chi connectivity index (χ2n) is 6.13. The average Bonchev–Trinajstić information content (AvgIpc) is 3.05. The number of rotatable bonds is 6. The van der Waals surface area contributed by atoms with Crippen molar-refractivity contribution in [3.05, 3.63) is 83.2 Å². The molecule has 140 valence electrons. The van der Waals surface area contributed by atoms with Crippen LogP contribution in [0.25, 0.3) is 0 Å². The molecule has 0 N–H and O–H groups in total. The maximum atomic E-state index is 13.7. The van der Waals surface area contributed by atoms with Gasteiger partial charge in [0.1, 0.15) is 12.4 Å². The van der Waals surface area contributed by atoms with E-state index in [0.717, 1.165) is 17.8 Å². The third kappa shape index (κ3) is 4.31. The predicted molar refractivity (Wildman–Crippen MR) is 96.1 cm³/mol. The van der Waals surface area contributed by atoms with Gasteiger partial charge in [0, 0.05) is 37.5 Å². The smallest absolute Gasteiger partial charge is 0.254 e. The lowest BCUT2D eigenvalue weighted by Crippen LogP contribution is -2.28. The SMILES string of the molecule is CN(Cc1ccnn1C)C(=O)c1ccccc1COc1ccc(F)cc1F. The Labute approximate surface area is 155 Å². The molecule has 0 unspecified atom stereocenters. The molecule has 0 atom stereocenters. The summed E-state index contributed by atoms with van der Waals surface area (Å²) in [5.41, 5.74) is 1.97. The van der Waals surface area contributed by atoms with Gasteiger partial charge in [0.2, 0.25) is 0 Å². The van der Waals surface area contributed by atoms with Crippen LogP contribution in [0.4, 0.5) is 8.78 Å². The molecule has 7 heteroatoms. The molecule has 1 amide bonds. The van der Waals surface area contributed by atoms with Crippen molar-refractivity contribution < 1.29 is 18.3 Å². The molecule has 0 saturated heterocycles. The number of hydrogen-bond donors (Lipinski definition) is 0. The summed E-state index contributed by atoms with van der Waals surface area (Å²) >= 11 is 0. The summed E-state index contributed by atoms with van der Waals surface area (Å²) in [6.45, 7) is 0.390. The van der Waals surface area contributed by atoms with E-state index >= 15 is 0 Å². The van der Waals surface area contributed by atoms with Gasteiger partial charge in [0.25, 0.3) is 5.91 Å². The van der Waals surface area contributed by atoms with Crippen molar-refractivity contribution in [3.63, 3.8) is 0 Å². The fraction of sp³-hybridized carbons (Fsp3) is 0.200. The van der Waals surface area contributed by atoms with E-state index in [-0.39, 0.29) is 18.3 Å². The summed E-state index contributed by atoms with van der Waals surface area (Å²) in [6, 6.07) is 11.9. The Hall–Kier alpha value is -3.22.